The van der Waals surface area contributed by atoms with E-state index < -0.39 is 17.6 Å². The standard InChI is InChI=1S/C39H42O8/c1-5-44-29-15-17-35(37(23-29)46-21-19-42-25-27(3)40)39(33-13-9-7-11-31(33)32-12-8-10-14-34(32)39)36-18-16-30(45-6-2)24-38(36)47-22-20-43-26-28(4)41/h5-18,23-24,27-28,40-41H,1-2,19-22,25-26H2,3-4H3. The van der Waals surface area contributed by atoms with Crippen molar-refractivity contribution in [2.24, 2.45) is 0 Å². The Bertz CT molecular complexity index is 1540. The summed E-state index contributed by atoms with van der Waals surface area (Å²) >= 11 is 0. The summed E-state index contributed by atoms with van der Waals surface area (Å²) < 4.78 is 35.6. The van der Waals surface area contributed by atoms with Crippen LogP contribution in [0.2, 0.25) is 0 Å². The number of fused-ring (bicyclic) bond motifs is 3. The van der Waals surface area contributed by atoms with E-state index in [1.54, 1.807) is 13.8 Å². The molecule has 0 aliphatic heterocycles. The minimum absolute atomic E-state index is 0.210. The maximum Gasteiger partial charge on any atom is 0.130 e. The van der Waals surface area contributed by atoms with Crippen molar-refractivity contribution in [1.82, 2.24) is 0 Å². The molecular weight excluding hydrogens is 596 g/mol. The third-order valence-electron chi connectivity index (χ3n) is 7.79. The molecule has 1 aliphatic rings. The maximum atomic E-state index is 9.66. The quantitative estimate of drug-likeness (QED) is 0.0814. The predicted molar refractivity (Wildman–Crippen MR) is 181 cm³/mol. The van der Waals surface area contributed by atoms with Gasteiger partial charge in [0, 0.05) is 23.3 Å². The highest BCUT2D eigenvalue weighted by Gasteiger charge is 2.49. The Labute approximate surface area is 276 Å². The van der Waals surface area contributed by atoms with Gasteiger partial charge in [0.05, 0.1) is 56.6 Å². The number of hydrogen-bond acceptors (Lipinski definition) is 8. The molecule has 0 spiro atoms. The van der Waals surface area contributed by atoms with Crippen molar-refractivity contribution in [3.05, 3.63) is 133 Å². The van der Waals surface area contributed by atoms with Crippen molar-refractivity contribution in [2.45, 2.75) is 31.5 Å². The average molecular weight is 639 g/mol. The van der Waals surface area contributed by atoms with E-state index in [0.29, 0.717) is 23.0 Å². The van der Waals surface area contributed by atoms with Gasteiger partial charge in [-0.3, -0.25) is 0 Å². The summed E-state index contributed by atoms with van der Waals surface area (Å²) in [6, 6.07) is 28.3. The summed E-state index contributed by atoms with van der Waals surface area (Å²) in [6.45, 7) is 12.3. The first-order valence-corrected chi connectivity index (χ1v) is 15.7. The van der Waals surface area contributed by atoms with Gasteiger partial charge in [-0.1, -0.05) is 73.8 Å². The molecular formula is C39H42O8. The molecule has 1 aliphatic carbocycles. The Morgan fingerprint density at radius 1 is 0.596 bits per heavy atom. The van der Waals surface area contributed by atoms with Crippen molar-refractivity contribution in [2.75, 3.05) is 39.6 Å². The van der Waals surface area contributed by atoms with Gasteiger partial charge < -0.3 is 38.6 Å². The first-order valence-electron chi connectivity index (χ1n) is 15.7. The zero-order chi connectivity index (χ0) is 33.2. The summed E-state index contributed by atoms with van der Waals surface area (Å²) in [5, 5.41) is 19.3. The minimum Gasteiger partial charge on any atom is -0.491 e. The molecule has 2 N–H and O–H groups in total. The number of benzene rings is 4. The molecule has 246 valence electrons. The van der Waals surface area contributed by atoms with Crippen molar-refractivity contribution >= 4 is 0 Å². The molecule has 0 bridgehead atoms. The summed E-state index contributed by atoms with van der Waals surface area (Å²) in [6.07, 6.45) is 1.61. The summed E-state index contributed by atoms with van der Waals surface area (Å²) in [5.74, 6) is 2.32. The fraction of sp³-hybridized carbons (Fsp3) is 0.282. The first kappa shape index (κ1) is 33.8. The molecule has 2 atom stereocenters. The second-order valence-corrected chi connectivity index (χ2v) is 11.3. The van der Waals surface area contributed by atoms with Crippen molar-refractivity contribution in [1.29, 1.82) is 0 Å². The van der Waals surface area contributed by atoms with Gasteiger partial charge >= 0.3 is 0 Å². The third-order valence-corrected chi connectivity index (χ3v) is 7.79. The van der Waals surface area contributed by atoms with Crippen LogP contribution in [0, 0.1) is 0 Å². The highest BCUT2D eigenvalue weighted by molar-refractivity contribution is 5.87. The zero-order valence-corrected chi connectivity index (χ0v) is 26.9. The van der Waals surface area contributed by atoms with Gasteiger partial charge in [-0.2, -0.15) is 0 Å². The van der Waals surface area contributed by atoms with Crippen LogP contribution in [-0.2, 0) is 14.9 Å². The van der Waals surface area contributed by atoms with Crippen LogP contribution in [-0.4, -0.2) is 62.1 Å². The van der Waals surface area contributed by atoms with Crippen molar-refractivity contribution in [3.63, 3.8) is 0 Å². The Hall–Kier alpha value is -4.60. The molecule has 8 nitrogen and oxygen atoms in total. The summed E-state index contributed by atoms with van der Waals surface area (Å²) in [5.41, 5.74) is 5.15. The van der Waals surface area contributed by atoms with E-state index in [-0.39, 0.29) is 39.6 Å². The van der Waals surface area contributed by atoms with Gasteiger partial charge in [-0.25, -0.2) is 0 Å². The first-order chi connectivity index (χ1) is 22.9. The summed E-state index contributed by atoms with van der Waals surface area (Å²) in [7, 11) is 0. The van der Waals surface area contributed by atoms with Crippen LogP contribution < -0.4 is 18.9 Å². The molecule has 5 rings (SSSR count). The fourth-order valence-corrected chi connectivity index (χ4v) is 6.09. The lowest BCUT2D eigenvalue weighted by Gasteiger charge is -2.36. The Balaban J connectivity index is 1.72. The Morgan fingerprint density at radius 2 is 1.02 bits per heavy atom. The molecule has 2 unspecified atom stereocenters. The topological polar surface area (TPSA) is 95.8 Å². The van der Waals surface area contributed by atoms with Crippen LogP contribution in [0.1, 0.15) is 36.1 Å². The van der Waals surface area contributed by atoms with Gasteiger partial charge in [0.2, 0.25) is 0 Å². The second-order valence-electron chi connectivity index (χ2n) is 11.3. The van der Waals surface area contributed by atoms with Crippen LogP contribution in [0.5, 0.6) is 23.0 Å². The second kappa shape index (κ2) is 15.8. The fourth-order valence-electron chi connectivity index (χ4n) is 6.09. The number of aliphatic hydroxyl groups excluding tert-OH is 2. The zero-order valence-electron chi connectivity index (χ0n) is 26.9. The highest BCUT2D eigenvalue weighted by Crippen LogP contribution is 2.60. The van der Waals surface area contributed by atoms with Gasteiger partial charge in [0.25, 0.3) is 0 Å². The normalized spacial score (nSPS) is 14.0. The van der Waals surface area contributed by atoms with Crippen LogP contribution >= 0.6 is 0 Å². The highest BCUT2D eigenvalue weighted by atomic mass is 16.5. The van der Waals surface area contributed by atoms with E-state index in [1.807, 2.05) is 60.7 Å². The van der Waals surface area contributed by atoms with Crippen LogP contribution in [0.4, 0.5) is 0 Å². The molecule has 0 saturated carbocycles. The number of aliphatic hydroxyl groups is 2. The van der Waals surface area contributed by atoms with E-state index in [2.05, 4.69) is 37.4 Å². The molecule has 0 heterocycles. The van der Waals surface area contributed by atoms with Crippen molar-refractivity contribution < 1.29 is 38.6 Å². The molecule has 8 heteroatoms. The van der Waals surface area contributed by atoms with Gasteiger partial charge in [0.1, 0.15) is 36.2 Å². The SMILES string of the molecule is C=COc1ccc(C2(c3ccc(OC=C)cc3OCCOCC(C)O)c3ccccc3-c3ccccc32)c(OCCOCC(C)O)c1. The van der Waals surface area contributed by atoms with E-state index >= 15 is 0 Å². The molecule has 0 aromatic heterocycles. The predicted octanol–water partition coefficient (Wildman–Crippen LogP) is 6.65. The number of ether oxygens (including phenoxy) is 6. The minimum atomic E-state index is -0.891. The largest absolute Gasteiger partial charge is 0.491 e. The van der Waals surface area contributed by atoms with Crippen LogP contribution in [0.25, 0.3) is 11.1 Å². The van der Waals surface area contributed by atoms with E-state index in [1.165, 1.54) is 12.5 Å². The molecule has 4 aromatic carbocycles. The van der Waals surface area contributed by atoms with Crippen LogP contribution in [0.3, 0.4) is 0 Å². The van der Waals surface area contributed by atoms with E-state index in [0.717, 1.165) is 33.4 Å². The van der Waals surface area contributed by atoms with Crippen molar-refractivity contribution in [3.8, 4) is 34.1 Å². The van der Waals surface area contributed by atoms with Gasteiger partial charge in [-0.05, 0) is 48.2 Å². The third kappa shape index (κ3) is 7.37. The lowest BCUT2D eigenvalue weighted by atomic mass is 9.67. The number of rotatable bonds is 18. The molecule has 0 saturated heterocycles. The van der Waals surface area contributed by atoms with Crippen LogP contribution in [0.15, 0.2) is 111 Å². The van der Waals surface area contributed by atoms with E-state index in [4.69, 9.17) is 28.4 Å². The Kier molecular flexibility index (Phi) is 11.3. The molecule has 0 fully saturated rings. The lowest BCUT2D eigenvalue weighted by molar-refractivity contribution is 0.0325. The average Bonchev–Trinajstić information content (AvgIpc) is 3.36. The smallest absolute Gasteiger partial charge is 0.130 e. The lowest BCUT2D eigenvalue weighted by Crippen LogP contribution is -2.30. The van der Waals surface area contributed by atoms with E-state index in [9.17, 15) is 10.2 Å². The maximum absolute atomic E-state index is 9.66. The monoisotopic (exact) mass is 638 g/mol. The molecule has 4 aromatic rings. The molecule has 0 radical (unpaired) electrons. The Morgan fingerprint density at radius 3 is 1.43 bits per heavy atom. The van der Waals surface area contributed by atoms with Gasteiger partial charge in [-0.15, -0.1) is 0 Å². The summed E-state index contributed by atoms with van der Waals surface area (Å²) in [4.78, 5) is 0. The molecule has 47 heavy (non-hydrogen) atoms. The van der Waals surface area contributed by atoms with Gasteiger partial charge in [0.15, 0.2) is 0 Å². The molecule has 0 amide bonds. The number of hydrogen-bond donors (Lipinski definition) is 2.